The summed E-state index contributed by atoms with van der Waals surface area (Å²) >= 11 is 0. The molecule has 0 unspecified atom stereocenters. The predicted molar refractivity (Wildman–Crippen MR) is 63.6 cm³/mol. The SMILES string of the molecule is CN1CCN(c2ccc3n[nH]nc3c2)CC1. The van der Waals surface area contributed by atoms with E-state index in [0.717, 1.165) is 37.2 Å². The molecule has 0 amide bonds. The van der Waals surface area contributed by atoms with E-state index in [1.54, 1.807) is 0 Å². The molecular weight excluding hydrogens is 202 g/mol. The van der Waals surface area contributed by atoms with Crippen molar-refractivity contribution in [2.75, 3.05) is 38.1 Å². The summed E-state index contributed by atoms with van der Waals surface area (Å²) in [5.74, 6) is 0. The predicted octanol–water partition coefficient (Wildman–Crippen LogP) is 0.710. The molecule has 0 aliphatic carbocycles. The van der Waals surface area contributed by atoms with Crippen molar-refractivity contribution < 1.29 is 0 Å². The summed E-state index contributed by atoms with van der Waals surface area (Å²) in [4.78, 5) is 4.75. The molecule has 1 aromatic carbocycles. The fourth-order valence-electron chi connectivity index (χ4n) is 2.09. The number of fused-ring (bicyclic) bond motifs is 1. The molecule has 1 aromatic heterocycles. The van der Waals surface area contributed by atoms with Crippen LogP contribution in [0.25, 0.3) is 11.0 Å². The highest BCUT2D eigenvalue weighted by Gasteiger charge is 2.14. The van der Waals surface area contributed by atoms with Gasteiger partial charge in [-0.05, 0) is 25.2 Å². The number of aromatic nitrogens is 3. The second kappa shape index (κ2) is 3.75. The van der Waals surface area contributed by atoms with Gasteiger partial charge in [-0.1, -0.05) is 0 Å². The highest BCUT2D eigenvalue weighted by atomic mass is 15.3. The summed E-state index contributed by atoms with van der Waals surface area (Å²) in [6.45, 7) is 4.41. The quantitative estimate of drug-likeness (QED) is 0.764. The van der Waals surface area contributed by atoms with Crippen LogP contribution < -0.4 is 4.90 Å². The van der Waals surface area contributed by atoms with Crippen LogP contribution in [-0.4, -0.2) is 53.5 Å². The lowest BCUT2D eigenvalue weighted by atomic mass is 10.2. The van der Waals surface area contributed by atoms with Gasteiger partial charge in [-0.15, -0.1) is 0 Å². The van der Waals surface area contributed by atoms with E-state index in [9.17, 15) is 0 Å². The van der Waals surface area contributed by atoms with Crippen molar-refractivity contribution in [3.05, 3.63) is 18.2 Å². The first-order chi connectivity index (χ1) is 7.83. The molecule has 1 saturated heterocycles. The van der Waals surface area contributed by atoms with Crippen molar-refractivity contribution in [2.45, 2.75) is 0 Å². The van der Waals surface area contributed by atoms with E-state index in [-0.39, 0.29) is 0 Å². The number of hydrogen-bond acceptors (Lipinski definition) is 4. The molecule has 1 aliphatic rings. The Morgan fingerprint density at radius 1 is 1.06 bits per heavy atom. The first kappa shape index (κ1) is 9.59. The maximum atomic E-state index is 4.12. The van der Waals surface area contributed by atoms with Crippen LogP contribution >= 0.6 is 0 Å². The van der Waals surface area contributed by atoms with Crippen LogP contribution in [0, 0.1) is 0 Å². The number of nitrogens with one attached hydrogen (secondary N) is 1. The lowest BCUT2D eigenvalue weighted by Gasteiger charge is -2.33. The second-order valence-electron chi connectivity index (χ2n) is 4.29. The molecule has 3 rings (SSSR count). The number of benzene rings is 1. The molecule has 16 heavy (non-hydrogen) atoms. The molecule has 2 heterocycles. The Labute approximate surface area is 94.0 Å². The summed E-state index contributed by atoms with van der Waals surface area (Å²) in [6.07, 6.45) is 0. The first-order valence-electron chi connectivity index (χ1n) is 5.57. The standard InChI is InChI=1S/C11H15N5/c1-15-4-6-16(7-5-15)9-2-3-10-11(8-9)13-14-12-10/h2-3,8H,4-7H2,1H3,(H,12,13,14). The molecule has 1 fully saturated rings. The van der Waals surface area contributed by atoms with Gasteiger partial charge in [0.15, 0.2) is 0 Å². The van der Waals surface area contributed by atoms with Crippen LogP contribution in [0.1, 0.15) is 0 Å². The summed E-state index contributed by atoms with van der Waals surface area (Å²) in [6, 6.07) is 6.24. The fraction of sp³-hybridized carbons (Fsp3) is 0.455. The Balaban J connectivity index is 1.87. The van der Waals surface area contributed by atoms with Gasteiger partial charge in [0.05, 0.1) is 0 Å². The number of piperazine rings is 1. The Bertz CT molecular complexity index is 484. The van der Waals surface area contributed by atoms with Crippen LogP contribution in [-0.2, 0) is 0 Å². The maximum absolute atomic E-state index is 4.12. The molecule has 1 aliphatic heterocycles. The normalized spacial score (nSPS) is 18.2. The molecule has 5 nitrogen and oxygen atoms in total. The van der Waals surface area contributed by atoms with E-state index in [1.807, 2.05) is 6.07 Å². The van der Waals surface area contributed by atoms with E-state index in [1.165, 1.54) is 5.69 Å². The van der Waals surface area contributed by atoms with E-state index >= 15 is 0 Å². The summed E-state index contributed by atoms with van der Waals surface area (Å²) in [5, 5.41) is 10.8. The topological polar surface area (TPSA) is 48.0 Å². The Morgan fingerprint density at radius 3 is 2.62 bits per heavy atom. The Hall–Kier alpha value is -1.62. The third kappa shape index (κ3) is 1.63. The molecule has 5 heteroatoms. The Kier molecular flexibility index (Phi) is 2.25. The van der Waals surface area contributed by atoms with E-state index in [0.29, 0.717) is 0 Å². The smallest absolute Gasteiger partial charge is 0.115 e. The van der Waals surface area contributed by atoms with Gasteiger partial charge in [0.25, 0.3) is 0 Å². The number of aromatic amines is 1. The number of anilines is 1. The molecule has 0 radical (unpaired) electrons. The number of rotatable bonds is 1. The van der Waals surface area contributed by atoms with Gasteiger partial charge < -0.3 is 9.80 Å². The van der Waals surface area contributed by atoms with Gasteiger partial charge in [-0.2, -0.15) is 15.4 Å². The minimum absolute atomic E-state index is 0.929. The number of H-pyrrole nitrogens is 1. The zero-order valence-electron chi connectivity index (χ0n) is 9.35. The lowest BCUT2D eigenvalue weighted by Crippen LogP contribution is -2.44. The van der Waals surface area contributed by atoms with Crippen molar-refractivity contribution in [2.24, 2.45) is 0 Å². The Morgan fingerprint density at radius 2 is 1.81 bits per heavy atom. The van der Waals surface area contributed by atoms with Gasteiger partial charge in [-0.3, -0.25) is 0 Å². The summed E-state index contributed by atoms with van der Waals surface area (Å²) in [7, 11) is 2.16. The van der Waals surface area contributed by atoms with Crippen molar-refractivity contribution in [3.63, 3.8) is 0 Å². The van der Waals surface area contributed by atoms with Gasteiger partial charge >= 0.3 is 0 Å². The molecule has 0 saturated carbocycles. The van der Waals surface area contributed by atoms with E-state index < -0.39 is 0 Å². The van der Waals surface area contributed by atoms with Gasteiger partial charge in [0, 0.05) is 31.9 Å². The van der Waals surface area contributed by atoms with Gasteiger partial charge in [-0.25, -0.2) is 0 Å². The van der Waals surface area contributed by atoms with Crippen LogP contribution in [0.5, 0.6) is 0 Å². The third-order valence-corrected chi connectivity index (χ3v) is 3.17. The highest BCUT2D eigenvalue weighted by Crippen LogP contribution is 2.20. The molecule has 0 bridgehead atoms. The molecular formula is C11H15N5. The highest BCUT2D eigenvalue weighted by molar-refractivity contribution is 5.78. The summed E-state index contributed by atoms with van der Waals surface area (Å²) < 4.78 is 0. The fourth-order valence-corrected chi connectivity index (χ4v) is 2.09. The van der Waals surface area contributed by atoms with Gasteiger partial charge in [0.1, 0.15) is 11.0 Å². The summed E-state index contributed by atoms with van der Waals surface area (Å²) in [5.41, 5.74) is 3.11. The van der Waals surface area contributed by atoms with Crippen LogP contribution in [0.4, 0.5) is 5.69 Å². The zero-order valence-corrected chi connectivity index (χ0v) is 9.35. The van der Waals surface area contributed by atoms with Crippen molar-refractivity contribution in [1.82, 2.24) is 20.3 Å². The third-order valence-electron chi connectivity index (χ3n) is 3.17. The van der Waals surface area contributed by atoms with E-state index in [2.05, 4.69) is 44.4 Å². The van der Waals surface area contributed by atoms with Gasteiger partial charge in [0.2, 0.25) is 0 Å². The number of nitrogens with zero attached hydrogens (tertiary/aromatic N) is 4. The van der Waals surface area contributed by atoms with E-state index in [4.69, 9.17) is 0 Å². The molecule has 2 aromatic rings. The molecule has 1 N–H and O–H groups in total. The lowest BCUT2D eigenvalue weighted by molar-refractivity contribution is 0.313. The second-order valence-corrected chi connectivity index (χ2v) is 4.29. The van der Waals surface area contributed by atoms with Crippen LogP contribution in [0.15, 0.2) is 18.2 Å². The molecule has 0 atom stereocenters. The van der Waals surface area contributed by atoms with Crippen molar-refractivity contribution in [1.29, 1.82) is 0 Å². The average Bonchev–Trinajstić information content (AvgIpc) is 2.77. The minimum Gasteiger partial charge on any atom is -0.369 e. The van der Waals surface area contributed by atoms with Crippen molar-refractivity contribution in [3.8, 4) is 0 Å². The van der Waals surface area contributed by atoms with Crippen LogP contribution in [0.2, 0.25) is 0 Å². The number of likely N-dealkylation sites (N-methyl/N-ethyl adjacent to an activating group) is 1. The molecule has 84 valence electrons. The number of hydrogen-bond donors (Lipinski definition) is 1. The minimum atomic E-state index is 0.929. The van der Waals surface area contributed by atoms with Crippen LogP contribution in [0.3, 0.4) is 0 Å². The average molecular weight is 217 g/mol. The maximum Gasteiger partial charge on any atom is 0.115 e. The monoisotopic (exact) mass is 217 g/mol. The zero-order chi connectivity index (χ0) is 11.0. The first-order valence-corrected chi connectivity index (χ1v) is 5.57. The molecule has 0 spiro atoms. The van der Waals surface area contributed by atoms with Crippen molar-refractivity contribution >= 4 is 16.7 Å². The largest absolute Gasteiger partial charge is 0.369 e.